The second-order valence-electron chi connectivity index (χ2n) is 8.85. The van der Waals surface area contributed by atoms with Crippen LogP contribution in [0.5, 0.6) is 0 Å². The quantitative estimate of drug-likeness (QED) is 0.252. The van der Waals surface area contributed by atoms with Gasteiger partial charge >= 0.3 is 0 Å². The monoisotopic (exact) mass is 481 g/mol. The SMILES string of the molecule is C=CC1=C(N(C)c2ccc(F)cc2)C=C2CC[C@]3(CCc4ccccc4C)OC23C1.CC.OS. The Morgan fingerprint density at radius 1 is 1.15 bits per heavy atom. The van der Waals surface area contributed by atoms with E-state index >= 15 is 0 Å². The summed E-state index contributed by atoms with van der Waals surface area (Å²) in [5, 5.41) is 0. The molecule has 1 heterocycles. The molecule has 1 saturated heterocycles. The van der Waals surface area contributed by atoms with Crippen LogP contribution in [0.1, 0.15) is 50.7 Å². The first-order chi connectivity index (χ1) is 16.5. The number of benzene rings is 2. The molecule has 2 aliphatic carbocycles. The first kappa shape index (κ1) is 26.3. The summed E-state index contributed by atoms with van der Waals surface area (Å²) >= 11 is 2.53. The third-order valence-corrected chi connectivity index (χ3v) is 7.34. The smallest absolute Gasteiger partial charge is 0.123 e. The highest BCUT2D eigenvalue weighted by atomic mass is 32.1. The van der Waals surface area contributed by atoms with Crippen molar-refractivity contribution in [1.82, 2.24) is 0 Å². The zero-order valence-corrected chi connectivity index (χ0v) is 21.5. The van der Waals surface area contributed by atoms with Crippen LogP contribution in [0.2, 0.25) is 0 Å². The van der Waals surface area contributed by atoms with Crippen LogP contribution in [0, 0.1) is 12.7 Å². The summed E-state index contributed by atoms with van der Waals surface area (Å²) < 4.78 is 26.6. The minimum atomic E-state index is -0.216. The van der Waals surface area contributed by atoms with Crippen molar-refractivity contribution in [3.8, 4) is 0 Å². The van der Waals surface area contributed by atoms with Gasteiger partial charge in [-0.05, 0) is 98.1 Å². The fourth-order valence-corrected chi connectivity index (χ4v) is 5.47. The van der Waals surface area contributed by atoms with Gasteiger partial charge in [0.05, 0.1) is 0 Å². The Morgan fingerprint density at radius 3 is 2.47 bits per heavy atom. The minimum Gasteiger partial charge on any atom is -0.357 e. The summed E-state index contributed by atoms with van der Waals surface area (Å²) in [6, 6.07) is 15.3. The number of epoxide rings is 1. The van der Waals surface area contributed by atoms with Gasteiger partial charge in [0, 0.05) is 24.9 Å². The van der Waals surface area contributed by atoms with Crippen molar-refractivity contribution >= 4 is 18.6 Å². The normalized spacial score (nSPS) is 23.9. The Hall–Kier alpha value is -2.34. The van der Waals surface area contributed by atoms with E-state index in [1.807, 2.05) is 39.1 Å². The molecule has 0 amide bonds. The summed E-state index contributed by atoms with van der Waals surface area (Å²) in [6.07, 6.45) is 9.41. The lowest BCUT2D eigenvalue weighted by Crippen LogP contribution is -2.28. The lowest BCUT2D eigenvalue weighted by Gasteiger charge is -2.29. The van der Waals surface area contributed by atoms with Gasteiger partial charge in [0.1, 0.15) is 17.0 Å². The zero-order valence-electron chi connectivity index (χ0n) is 20.6. The van der Waals surface area contributed by atoms with Gasteiger partial charge in [0.2, 0.25) is 0 Å². The Labute approximate surface area is 209 Å². The first-order valence-electron chi connectivity index (χ1n) is 12.0. The molecule has 5 heteroatoms. The average Bonchev–Trinajstić information content (AvgIpc) is 3.41. The van der Waals surface area contributed by atoms with E-state index in [-0.39, 0.29) is 17.0 Å². The standard InChI is InChI=1S/C27H28FNO.C2H6.H2OS/c1-4-20-18-27-22(17-25(20)29(3)24-11-9-23(28)10-12-24)14-16-26(27,30-27)15-13-21-8-6-5-7-19(21)2;2*1-2/h4-12,17H,1,13-16,18H2,2-3H3;1-2H3;1-2H/t26-,27?;;/m0../s1. The Kier molecular flexibility index (Phi) is 8.45. The molecule has 1 unspecified atom stereocenters. The summed E-state index contributed by atoms with van der Waals surface area (Å²) in [6.45, 7) is 10.3. The van der Waals surface area contributed by atoms with Crippen LogP contribution in [0.4, 0.5) is 10.1 Å². The highest BCUT2D eigenvalue weighted by molar-refractivity contribution is 7.74. The zero-order chi connectivity index (χ0) is 24.9. The molecule has 0 bridgehead atoms. The summed E-state index contributed by atoms with van der Waals surface area (Å²) in [5.74, 6) is -0.216. The van der Waals surface area contributed by atoms with Crippen molar-refractivity contribution in [2.45, 2.75) is 64.1 Å². The number of anilines is 1. The number of halogens is 1. The second kappa shape index (κ2) is 10.9. The number of ether oxygens (including phenoxy) is 1. The van der Waals surface area contributed by atoms with Crippen molar-refractivity contribution in [2.24, 2.45) is 0 Å². The molecule has 0 aromatic heterocycles. The summed E-state index contributed by atoms with van der Waals surface area (Å²) in [5.41, 5.74) is 7.31. The molecular formula is C29H36FNO2S. The highest BCUT2D eigenvalue weighted by Gasteiger charge is 2.74. The number of rotatable bonds is 6. The van der Waals surface area contributed by atoms with Gasteiger partial charge in [0.15, 0.2) is 0 Å². The van der Waals surface area contributed by atoms with Gasteiger partial charge < -0.3 is 14.2 Å². The van der Waals surface area contributed by atoms with Crippen molar-refractivity contribution in [3.05, 3.63) is 101 Å². The van der Waals surface area contributed by atoms with Crippen LogP contribution in [-0.4, -0.2) is 22.8 Å². The van der Waals surface area contributed by atoms with E-state index in [0.29, 0.717) is 0 Å². The maximum atomic E-state index is 13.4. The van der Waals surface area contributed by atoms with Gasteiger partial charge in [-0.25, -0.2) is 4.39 Å². The molecule has 2 fully saturated rings. The lowest BCUT2D eigenvalue weighted by molar-refractivity contribution is 0.234. The number of hydrogen-bond donors (Lipinski definition) is 2. The topological polar surface area (TPSA) is 36.0 Å². The maximum absolute atomic E-state index is 13.4. The molecule has 1 aliphatic heterocycles. The van der Waals surface area contributed by atoms with Crippen molar-refractivity contribution in [2.75, 3.05) is 11.9 Å². The third kappa shape index (κ3) is 4.61. The molecule has 1 saturated carbocycles. The highest BCUT2D eigenvalue weighted by Crippen LogP contribution is 2.68. The molecular weight excluding hydrogens is 445 g/mol. The molecule has 0 radical (unpaired) electrons. The molecule has 182 valence electrons. The third-order valence-electron chi connectivity index (χ3n) is 7.34. The van der Waals surface area contributed by atoms with Crippen LogP contribution in [-0.2, 0) is 11.2 Å². The van der Waals surface area contributed by atoms with Crippen LogP contribution >= 0.6 is 12.9 Å². The average molecular weight is 482 g/mol. The fraction of sp³-hybridized carbons (Fsp3) is 0.379. The molecule has 5 rings (SSSR count). The van der Waals surface area contributed by atoms with E-state index in [4.69, 9.17) is 9.29 Å². The maximum Gasteiger partial charge on any atom is 0.123 e. The Balaban J connectivity index is 0.000000771. The molecule has 1 spiro atoms. The number of thiol groups is 1. The molecule has 3 nitrogen and oxygen atoms in total. The van der Waals surface area contributed by atoms with E-state index in [1.54, 1.807) is 0 Å². The number of aryl methyl sites for hydroxylation is 2. The van der Waals surface area contributed by atoms with E-state index in [2.05, 4.69) is 61.7 Å². The minimum absolute atomic E-state index is 0.0324. The molecule has 2 aromatic carbocycles. The largest absolute Gasteiger partial charge is 0.357 e. The van der Waals surface area contributed by atoms with Crippen molar-refractivity contribution in [3.63, 3.8) is 0 Å². The van der Waals surface area contributed by atoms with Crippen molar-refractivity contribution < 1.29 is 13.7 Å². The van der Waals surface area contributed by atoms with Gasteiger partial charge in [0.25, 0.3) is 0 Å². The predicted molar refractivity (Wildman–Crippen MR) is 143 cm³/mol. The number of likely N-dealkylation sites (N-methyl/N-ethyl adjacent to an activating group) is 1. The number of allylic oxidation sites excluding steroid dienone is 2. The number of hydrogen-bond acceptors (Lipinski definition) is 4. The van der Waals surface area contributed by atoms with E-state index in [9.17, 15) is 4.39 Å². The van der Waals surface area contributed by atoms with E-state index < -0.39 is 0 Å². The van der Waals surface area contributed by atoms with Gasteiger partial charge in [-0.2, -0.15) is 0 Å². The van der Waals surface area contributed by atoms with Gasteiger partial charge in [-0.1, -0.05) is 50.8 Å². The molecule has 2 aromatic rings. The first-order valence-corrected chi connectivity index (χ1v) is 12.4. The lowest BCUT2D eigenvalue weighted by atomic mass is 9.80. The fourth-order valence-electron chi connectivity index (χ4n) is 5.47. The van der Waals surface area contributed by atoms with E-state index in [1.165, 1.54) is 34.4 Å². The van der Waals surface area contributed by atoms with Crippen molar-refractivity contribution in [1.29, 1.82) is 0 Å². The Morgan fingerprint density at radius 2 is 1.82 bits per heavy atom. The molecule has 1 N–H and O–H groups in total. The van der Waals surface area contributed by atoms with Gasteiger partial charge in [-0.3, -0.25) is 0 Å². The molecule has 34 heavy (non-hydrogen) atoms. The molecule has 2 atom stereocenters. The van der Waals surface area contributed by atoms with Crippen LogP contribution in [0.15, 0.2) is 84.1 Å². The van der Waals surface area contributed by atoms with E-state index in [0.717, 1.165) is 43.5 Å². The van der Waals surface area contributed by atoms with Gasteiger partial charge in [-0.15, -0.1) is 0 Å². The second-order valence-corrected chi connectivity index (χ2v) is 8.85. The predicted octanol–water partition coefficient (Wildman–Crippen LogP) is 7.69. The van der Waals surface area contributed by atoms with Crippen LogP contribution < -0.4 is 4.90 Å². The van der Waals surface area contributed by atoms with Crippen LogP contribution in [0.3, 0.4) is 0 Å². The summed E-state index contributed by atoms with van der Waals surface area (Å²) in [4.78, 5) is 2.13. The number of nitrogens with zero attached hydrogens (tertiary/aromatic N) is 1. The van der Waals surface area contributed by atoms with Crippen LogP contribution in [0.25, 0.3) is 0 Å². The summed E-state index contributed by atoms with van der Waals surface area (Å²) in [7, 11) is 2.04. The molecule has 3 aliphatic rings. The Bertz CT molecular complexity index is 1080.